The maximum Gasteiger partial charge on any atom is 0.387 e. The van der Waals surface area contributed by atoms with Crippen molar-refractivity contribution >= 4 is 5.52 Å². The molecule has 3 rings (SSSR count). The normalized spacial score (nSPS) is 12.0. The number of pyridine rings is 1. The van der Waals surface area contributed by atoms with E-state index in [-0.39, 0.29) is 17.9 Å². The third-order valence-corrected chi connectivity index (χ3v) is 4.98. The summed E-state index contributed by atoms with van der Waals surface area (Å²) in [5.41, 5.74) is 3.41. The number of aliphatic hydroxyl groups is 1. The molecule has 0 radical (unpaired) electrons. The molecule has 0 unspecified atom stereocenters. The summed E-state index contributed by atoms with van der Waals surface area (Å²) in [7, 11) is 1.49. The fourth-order valence-electron chi connectivity index (χ4n) is 3.29. The molecule has 1 aromatic carbocycles. The smallest absolute Gasteiger partial charge is 0.387 e. The van der Waals surface area contributed by atoms with Crippen molar-refractivity contribution in [1.82, 2.24) is 14.9 Å². The Kier molecular flexibility index (Phi) is 6.04. The summed E-state index contributed by atoms with van der Waals surface area (Å²) >= 11 is 0. The van der Waals surface area contributed by atoms with Gasteiger partial charge in [-0.25, -0.2) is 4.52 Å². The molecule has 0 atom stereocenters. The Morgan fingerprint density at radius 3 is 2.62 bits per heavy atom. The van der Waals surface area contributed by atoms with Crippen LogP contribution in [0, 0.1) is 6.92 Å². The van der Waals surface area contributed by atoms with E-state index in [0.29, 0.717) is 23.4 Å². The number of hydrogen-bond acceptors (Lipinski definition) is 5. The molecule has 2 heterocycles. The number of benzene rings is 1. The van der Waals surface area contributed by atoms with Crippen molar-refractivity contribution in [1.29, 1.82) is 0 Å². The molecule has 2 N–H and O–H groups in total. The Labute approximate surface area is 168 Å². The Balaban J connectivity index is 2.05. The Morgan fingerprint density at radius 2 is 1.97 bits per heavy atom. The summed E-state index contributed by atoms with van der Waals surface area (Å²) in [6.45, 7) is 3.32. The highest BCUT2D eigenvalue weighted by Gasteiger charge is 2.21. The molecule has 0 spiro atoms. The molecule has 0 aliphatic rings. The highest BCUT2D eigenvalue weighted by molar-refractivity contribution is 5.82. The van der Waals surface area contributed by atoms with Crippen LogP contribution in [0.15, 0.2) is 36.7 Å². The molecule has 156 valence electrons. The lowest BCUT2D eigenvalue weighted by molar-refractivity contribution is -0.0503. The molecular weight excluding hydrogens is 380 g/mol. The van der Waals surface area contributed by atoms with E-state index in [9.17, 15) is 8.78 Å². The molecule has 3 aromatic rings. The van der Waals surface area contributed by atoms with Gasteiger partial charge in [0, 0.05) is 29.4 Å². The van der Waals surface area contributed by atoms with E-state index < -0.39 is 6.61 Å². The number of methoxy groups -OCH3 is 1. The zero-order valence-electron chi connectivity index (χ0n) is 16.9. The minimum atomic E-state index is -2.92. The number of halogens is 2. The van der Waals surface area contributed by atoms with Crippen molar-refractivity contribution in [3.8, 4) is 22.6 Å². The first-order valence-electron chi connectivity index (χ1n) is 9.24. The number of alkyl halides is 2. The zero-order chi connectivity index (χ0) is 21.2. The number of nitrogens with one attached hydrogen (secondary N) is 1. The predicted octanol–water partition coefficient (Wildman–Crippen LogP) is 3.74. The first-order valence-corrected chi connectivity index (χ1v) is 9.24. The van der Waals surface area contributed by atoms with E-state index in [4.69, 9.17) is 9.84 Å². The molecule has 0 amide bonds. The standard InChI is InChI=1S/C21H25F2N3O3/c1-13-18(28-4)9-14(10-19(13)29-20(22)23)16-11-25-26-12-15(5-6-17(16)26)21(2,3)24-7-8-27/h5-6,9-12,20,24,27H,7-8H2,1-4H3. The molecule has 0 fully saturated rings. The second-order valence-electron chi connectivity index (χ2n) is 7.26. The number of ether oxygens (including phenoxy) is 2. The van der Waals surface area contributed by atoms with Gasteiger partial charge in [-0.1, -0.05) is 6.07 Å². The molecule has 2 aromatic heterocycles. The van der Waals surface area contributed by atoms with Gasteiger partial charge in [-0.3, -0.25) is 0 Å². The number of rotatable bonds is 8. The van der Waals surface area contributed by atoms with Gasteiger partial charge in [0.2, 0.25) is 0 Å². The van der Waals surface area contributed by atoms with Crippen molar-refractivity contribution in [3.05, 3.63) is 47.8 Å². The van der Waals surface area contributed by atoms with Crippen LogP contribution in [0.4, 0.5) is 8.78 Å². The third-order valence-electron chi connectivity index (χ3n) is 4.98. The Bertz CT molecular complexity index is 1000. The van der Waals surface area contributed by atoms with Crippen LogP contribution in [-0.2, 0) is 5.54 Å². The van der Waals surface area contributed by atoms with E-state index in [2.05, 4.69) is 15.2 Å². The quantitative estimate of drug-likeness (QED) is 0.598. The highest BCUT2D eigenvalue weighted by Crippen LogP contribution is 2.37. The van der Waals surface area contributed by atoms with Crippen LogP contribution in [0.25, 0.3) is 16.6 Å². The monoisotopic (exact) mass is 405 g/mol. The number of fused-ring (bicyclic) bond motifs is 1. The van der Waals surface area contributed by atoms with E-state index >= 15 is 0 Å². The van der Waals surface area contributed by atoms with Crippen LogP contribution in [0.5, 0.6) is 11.5 Å². The second kappa shape index (κ2) is 8.34. The largest absolute Gasteiger partial charge is 0.496 e. The van der Waals surface area contributed by atoms with E-state index in [1.54, 1.807) is 29.8 Å². The van der Waals surface area contributed by atoms with Gasteiger partial charge in [0.05, 0.1) is 25.4 Å². The summed E-state index contributed by atoms with van der Waals surface area (Å²) in [5.74, 6) is 0.531. The van der Waals surface area contributed by atoms with Crippen molar-refractivity contribution in [3.63, 3.8) is 0 Å². The van der Waals surface area contributed by atoms with Crippen LogP contribution in [0.2, 0.25) is 0 Å². The molecule has 0 aliphatic carbocycles. The van der Waals surface area contributed by atoms with Crippen molar-refractivity contribution in [2.24, 2.45) is 0 Å². The lowest BCUT2D eigenvalue weighted by Crippen LogP contribution is -2.38. The molecule has 0 saturated carbocycles. The number of aromatic nitrogens is 2. The van der Waals surface area contributed by atoms with Crippen LogP contribution in [-0.4, -0.2) is 41.6 Å². The number of nitrogens with zero attached hydrogens (tertiary/aromatic N) is 2. The van der Waals surface area contributed by atoms with Gasteiger partial charge < -0.3 is 19.9 Å². The topological polar surface area (TPSA) is 68.0 Å². The average Bonchev–Trinajstić information content (AvgIpc) is 3.11. The van der Waals surface area contributed by atoms with E-state index in [0.717, 1.165) is 16.6 Å². The maximum absolute atomic E-state index is 12.8. The van der Waals surface area contributed by atoms with Crippen LogP contribution >= 0.6 is 0 Å². The van der Waals surface area contributed by atoms with Gasteiger partial charge in [-0.2, -0.15) is 13.9 Å². The Hall–Kier alpha value is -2.71. The number of aliphatic hydroxyl groups excluding tert-OH is 1. The predicted molar refractivity (Wildman–Crippen MR) is 107 cm³/mol. The van der Waals surface area contributed by atoms with Crippen LogP contribution in [0.3, 0.4) is 0 Å². The summed E-state index contributed by atoms with van der Waals surface area (Å²) in [5, 5.41) is 16.8. The first-order chi connectivity index (χ1) is 13.8. The van der Waals surface area contributed by atoms with Gasteiger partial charge >= 0.3 is 6.61 Å². The van der Waals surface area contributed by atoms with Crippen molar-refractivity contribution in [2.45, 2.75) is 32.9 Å². The van der Waals surface area contributed by atoms with E-state index in [1.807, 2.05) is 32.2 Å². The molecule has 6 nitrogen and oxygen atoms in total. The molecule has 0 bridgehead atoms. The SMILES string of the molecule is COc1cc(-c2cnn3cc(C(C)(C)NCCO)ccc23)cc(OC(F)F)c1C. The van der Waals surface area contributed by atoms with Crippen LogP contribution in [0.1, 0.15) is 25.0 Å². The first kappa shape index (κ1) is 21.0. The summed E-state index contributed by atoms with van der Waals surface area (Å²) in [6, 6.07) is 7.26. The van der Waals surface area contributed by atoms with Gasteiger partial charge in [-0.15, -0.1) is 0 Å². The molecule has 8 heteroatoms. The van der Waals surface area contributed by atoms with Gasteiger partial charge in [-0.05, 0) is 50.1 Å². The van der Waals surface area contributed by atoms with Gasteiger partial charge in [0.15, 0.2) is 0 Å². The third kappa shape index (κ3) is 4.33. The van der Waals surface area contributed by atoms with Crippen molar-refractivity contribution < 1.29 is 23.4 Å². The molecular formula is C21H25F2N3O3. The molecule has 0 aliphatic heterocycles. The molecule has 0 saturated heterocycles. The number of hydrogen-bond donors (Lipinski definition) is 2. The maximum atomic E-state index is 12.8. The van der Waals surface area contributed by atoms with Crippen LogP contribution < -0.4 is 14.8 Å². The van der Waals surface area contributed by atoms with Gasteiger partial charge in [0.1, 0.15) is 11.5 Å². The van der Waals surface area contributed by atoms with Crippen molar-refractivity contribution in [2.75, 3.05) is 20.3 Å². The molecule has 29 heavy (non-hydrogen) atoms. The Morgan fingerprint density at radius 1 is 1.24 bits per heavy atom. The average molecular weight is 405 g/mol. The lowest BCUT2D eigenvalue weighted by atomic mass is 9.95. The highest BCUT2D eigenvalue weighted by atomic mass is 19.3. The van der Waals surface area contributed by atoms with E-state index in [1.165, 1.54) is 7.11 Å². The summed E-state index contributed by atoms with van der Waals surface area (Å²) < 4.78 is 37.4. The fraction of sp³-hybridized carbons (Fsp3) is 0.381. The summed E-state index contributed by atoms with van der Waals surface area (Å²) in [4.78, 5) is 0. The minimum Gasteiger partial charge on any atom is -0.496 e. The lowest BCUT2D eigenvalue weighted by Gasteiger charge is -2.26. The zero-order valence-corrected chi connectivity index (χ0v) is 16.9. The van der Waals surface area contributed by atoms with Gasteiger partial charge in [0.25, 0.3) is 0 Å². The second-order valence-corrected chi connectivity index (χ2v) is 7.26. The summed E-state index contributed by atoms with van der Waals surface area (Å²) in [6.07, 6.45) is 3.59. The fourth-order valence-corrected chi connectivity index (χ4v) is 3.29. The minimum absolute atomic E-state index is 0.0515.